The van der Waals surface area contributed by atoms with Gasteiger partial charge < -0.3 is 9.84 Å². The minimum atomic E-state index is 0.673. The van der Waals surface area contributed by atoms with E-state index in [-0.39, 0.29) is 0 Å². The molecule has 0 aliphatic carbocycles. The molecule has 1 atom stereocenters. The van der Waals surface area contributed by atoms with Crippen LogP contribution in [0.2, 0.25) is 0 Å². The van der Waals surface area contributed by atoms with Gasteiger partial charge in [-0.2, -0.15) is 0 Å². The van der Waals surface area contributed by atoms with Gasteiger partial charge in [-0.15, -0.1) is 0 Å². The second kappa shape index (κ2) is 5.24. The van der Waals surface area contributed by atoms with Gasteiger partial charge in [0.05, 0.1) is 6.20 Å². The Bertz CT molecular complexity index is 515. The molecule has 0 amide bonds. The second-order valence-electron chi connectivity index (χ2n) is 4.73. The number of aromatic nitrogens is 1. The van der Waals surface area contributed by atoms with E-state index in [0.29, 0.717) is 5.92 Å². The molecule has 1 fully saturated rings. The van der Waals surface area contributed by atoms with Crippen LogP contribution in [0.3, 0.4) is 0 Å². The highest BCUT2D eigenvalue weighted by Crippen LogP contribution is 2.28. The summed E-state index contributed by atoms with van der Waals surface area (Å²) in [6, 6.07) is 8.27. The van der Waals surface area contributed by atoms with E-state index in [0.717, 1.165) is 35.3 Å². The molecule has 1 aromatic heterocycles. The van der Waals surface area contributed by atoms with E-state index >= 15 is 0 Å². The van der Waals surface area contributed by atoms with Crippen molar-refractivity contribution in [1.82, 2.24) is 10.5 Å². The van der Waals surface area contributed by atoms with Crippen molar-refractivity contribution in [3.63, 3.8) is 0 Å². The lowest BCUT2D eigenvalue weighted by atomic mass is 9.98. The van der Waals surface area contributed by atoms with E-state index < -0.39 is 0 Å². The molecule has 2 heterocycles. The van der Waals surface area contributed by atoms with Gasteiger partial charge in [-0.05, 0) is 43.1 Å². The van der Waals surface area contributed by atoms with Gasteiger partial charge >= 0.3 is 0 Å². The van der Waals surface area contributed by atoms with Gasteiger partial charge in [-0.3, -0.25) is 0 Å². The summed E-state index contributed by atoms with van der Waals surface area (Å²) in [5, 5.41) is 7.34. The van der Waals surface area contributed by atoms with Gasteiger partial charge in [0.15, 0.2) is 0 Å². The third-order valence-electron chi connectivity index (χ3n) is 3.44. The molecular formula is C14H15BrN2O. The van der Waals surface area contributed by atoms with Crippen molar-refractivity contribution in [3.8, 4) is 11.1 Å². The Kier molecular flexibility index (Phi) is 3.48. The maximum absolute atomic E-state index is 5.42. The first kappa shape index (κ1) is 11.9. The fourth-order valence-electron chi connectivity index (χ4n) is 2.43. The molecule has 3 nitrogen and oxygen atoms in total. The summed E-state index contributed by atoms with van der Waals surface area (Å²) in [5.74, 6) is 1.68. The summed E-state index contributed by atoms with van der Waals surface area (Å²) in [7, 11) is 0. The lowest BCUT2D eigenvalue weighted by Crippen LogP contribution is -2.10. The van der Waals surface area contributed by atoms with Crippen LogP contribution >= 0.6 is 15.9 Å². The molecule has 1 aromatic carbocycles. The smallest absolute Gasteiger partial charge is 0.144 e. The largest absolute Gasteiger partial charge is 0.361 e. The molecule has 94 valence electrons. The van der Waals surface area contributed by atoms with Crippen LogP contribution in [0.5, 0.6) is 0 Å². The minimum Gasteiger partial charge on any atom is -0.361 e. The molecule has 3 rings (SSSR count). The van der Waals surface area contributed by atoms with E-state index in [9.17, 15) is 0 Å². The van der Waals surface area contributed by atoms with Crippen molar-refractivity contribution in [1.29, 1.82) is 0 Å². The molecule has 4 heteroatoms. The predicted octanol–water partition coefficient (Wildman–Crippen LogP) is 3.26. The predicted molar refractivity (Wildman–Crippen MR) is 74.3 cm³/mol. The molecule has 1 N–H and O–H groups in total. The summed E-state index contributed by atoms with van der Waals surface area (Å²) >= 11 is 3.45. The van der Waals surface area contributed by atoms with Crippen LogP contribution in [-0.2, 0) is 6.42 Å². The Labute approximate surface area is 115 Å². The minimum absolute atomic E-state index is 0.673. The Hall–Kier alpha value is -1.13. The molecule has 2 aromatic rings. The quantitative estimate of drug-likeness (QED) is 0.946. The van der Waals surface area contributed by atoms with Crippen LogP contribution in [-0.4, -0.2) is 18.2 Å². The third-order valence-corrected chi connectivity index (χ3v) is 3.97. The van der Waals surface area contributed by atoms with Crippen molar-refractivity contribution in [2.24, 2.45) is 5.92 Å². The molecular weight excluding hydrogens is 292 g/mol. The van der Waals surface area contributed by atoms with E-state index in [2.05, 4.69) is 38.5 Å². The first-order valence-electron chi connectivity index (χ1n) is 6.23. The number of benzene rings is 1. The number of hydrogen-bond donors (Lipinski definition) is 1. The summed E-state index contributed by atoms with van der Waals surface area (Å²) in [5.41, 5.74) is 2.29. The van der Waals surface area contributed by atoms with Gasteiger partial charge in [0.2, 0.25) is 0 Å². The molecule has 0 saturated carbocycles. The Balaban J connectivity index is 1.84. The highest BCUT2D eigenvalue weighted by Gasteiger charge is 2.19. The standard InChI is InChI=1S/C14H15BrN2O/c15-12-3-1-11(2-4-12)13-9-17-18-14(13)7-10-5-6-16-8-10/h1-4,9-10,16H,5-8H2. The molecule has 0 spiro atoms. The third kappa shape index (κ3) is 2.49. The van der Waals surface area contributed by atoms with E-state index in [1.807, 2.05) is 18.3 Å². The number of halogens is 1. The topological polar surface area (TPSA) is 38.1 Å². The molecule has 18 heavy (non-hydrogen) atoms. The average Bonchev–Trinajstić information content (AvgIpc) is 3.02. The molecule has 1 saturated heterocycles. The first-order chi connectivity index (χ1) is 8.83. The van der Waals surface area contributed by atoms with Crippen molar-refractivity contribution < 1.29 is 4.52 Å². The summed E-state index contributed by atoms with van der Waals surface area (Å²) in [6.45, 7) is 2.20. The van der Waals surface area contributed by atoms with Gasteiger partial charge in [-0.1, -0.05) is 33.2 Å². The van der Waals surface area contributed by atoms with E-state index in [1.165, 1.54) is 12.0 Å². The van der Waals surface area contributed by atoms with Crippen LogP contribution in [0.1, 0.15) is 12.2 Å². The second-order valence-corrected chi connectivity index (χ2v) is 5.65. The maximum Gasteiger partial charge on any atom is 0.144 e. The van der Waals surface area contributed by atoms with E-state index in [1.54, 1.807) is 0 Å². The summed E-state index contributed by atoms with van der Waals surface area (Å²) in [6.07, 6.45) is 4.01. The SMILES string of the molecule is Brc1ccc(-c2cnoc2CC2CCNC2)cc1. The van der Waals surface area contributed by atoms with Crippen molar-refractivity contribution in [2.45, 2.75) is 12.8 Å². The lowest BCUT2D eigenvalue weighted by molar-refractivity contribution is 0.364. The summed E-state index contributed by atoms with van der Waals surface area (Å²) < 4.78 is 6.51. The van der Waals surface area contributed by atoms with Crippen LogP contribution < -0.4 is 5.32 Å². The molecule has 0 radical (unpaired) electrons. The lowest BCUT2D eigenvalue weighted by Gasteiger charge is -2.06. The number of hydrogen-bond acceptors (Lipinski definition) is 3. The Morgan fingerprint density at radius 3 is 2.89 bits per heavy atom. The first-order valence-corrected chi connectivity index (χ1v) is 7.02. The normalized spacial score (nSPS) is 19.3. The molecule has 1 aliphatic rings. The van der Waals surface area contributed by atoms with Gasteiger partial charge in [0.1, 0.15) is 5.76 Å². The monoisotopic (exact) mass is 306 g/mol. The van der Waals surface area contributed by atoms with Crippen molar-refractivity contribution in [3.05, 3.63) is 40.7 Å². The highest BCUT2D eigenvalue weighted by atomic mass is 79.9. The number of rotatable bonds is 3. The Morgan fingerprint density at radius 1 is 1.33 bits per heavy atom. The fraction of sp³-hybridized carbons (Fsp3) is 0.357. The van der Waals surface area contributed by atoms with Crippen LogP contribution in [0.15, 0.2) is 39.5 Å². The number of nitrogens with one attached hydrogen (secondary N) is 1. The van der Waals surface area contributed by atoms with Crippen molar-refractivity contribution >= 4 is 15.9 Å². The Morgan fingerprint density at radius 2 is 2.17 bits per heavy atom. The van der Waals surface area contributed by atoms with Gasteiger partial charge in [-0.25, -0.2) is 0 Å². The zero-order valence-electron chi connectivity index (χ0n) is 10.0. The highest BCUT2D eigenvalue weighted by molar-refractivity contribution is 9.10. The average molecular weight is 307 g/mol. The molecule has 0 bridgehead atoms. The zero-order chi connectivity index (χ0) is 12.4. The number of nitrogens with zero attached hydrogens (tertiary/aromatic N) is 1. The van der Waals surface area contributed by atoms with Gasteiger partial charge in [0, 0.05) is 16.5 Å². The van der Waals surface area contributed by atoms with E-state index in [4.69, 9.17) is 4.52 Å². The van der Waals surface area contributed by atoms with Crippen LogP contribution in [0, 0.1) is 5.92 Å². The van der Waals surface area contributed by atoms with Crippen LogP contribution in [0.4, 0.5) is 0 Å². The zero-order valence-corrected chi connectivity index (χ0v) is 11.6. The summed E-state index contributed by atoms with van der Waals surface area (Å²) in [4.78, 5) is 0. The maximum atomic E-state index is 5.42. The molecule has 1 unspecified atom stereocenters. The fourth-order valence-corrected chi connectivity index (χ4v) is 2.69. The van der Waals surface area contributed by atoms with Crippen LogP contribution in [0.25, 0.3) is 11.1 Å². The molecule has 1 aliphatic heterocycles. The van der Waals surface area contributed by atoms with Crippen molar-refractivity contribution in [2.75, 3.05) is 13.1 Å². The van der Waals surface area contributed by atoms with Gasteiger partial charge in [0.25, 0.3) is 0 Å².